The topological polar surface area (TPSA) is 21.3 Å². The predicted molar refractivity (Wildman–Crippen MR) is 71.8 cm³/mol. The van der Waals surface area contributed by atoms with Crippen LogP contribution in [0.4, 0.5) is 0 Å². The van der Waals surface area contributed by atoms with Gasteiger partial charge in [0.05, 0.1) is 6.10 Å². The lowest BCUT2D eigenvalue weighted by atomic mass is 10.1. The van der Waals surface area contributed by atoms with Crippen molar-refractivity contribution in [3.05, 3.63) is 33.8 Å². The van der Waals surface area contributed by atoms with Crippen LogP contribution in [0.5, 0.6) is 0 Å². The van der Waals surface area contributed by atoms with Crippen LogP contribution in [0.3, 0.4) is 0 Å². The summed E-state index contributed by atoms with van der Waals surface area (Å²) in [6, 6.07) is 6.23. The SMILES string of the molecule is CC(NC1CCOC1C)c1ccc(Cl)cc1Cl. The average Bonchev–Trinajstić information content (AvgIpc) is 2.64. The van der Waals surface area contributed by atoms with Gasteiger partial charge in [-0.15, -0.1) is 0 Å². The van der Waals surface area contributed by atoms with Gasteiger partial charge in [-0.3, -0.25) is 0 Å². The van der Waals surface area contributed by atoms with Gasteiger partial charge in [0.25, 0.3) is 0 Å². The Morgan fingerprint density at radius 2 is 2.18 bits per heavy atom. The summed E-state index contributed by atoms with van der Waals surface area (Å²) in [5.74, 6) is 0. The molecule has 1 N–H and O–H groups in total. The summed E-state index contributed by atoms with van der Waals surface area (Å²) in [6.07, 6.45) is 1.32. The third-order valence-electron chi connectivity index (χ3n) is 3.27. The Hall–Kier alpha value is -0.280. The van der Waals surface area contributed by atoms with Crippen molar-refractivity contribution in [3.63, 3.8) is 0 Å². The maximum absolute atomic E-state index is 6.19. The maximum Gasteiger partial charge on any atom is 0.0700 e. The van der Waals surface area contributed by atoms with E-state index < -0.39 is 0 Å². The van der Waals surface area contributed by atoms with Crippen LogP contribution < -0.4 is 5.32 Å². The van der Waals surface area contributed by atoms with Gasteiger partial charge in [0.2, 0.25) is 0 Å². The van der Waals surface area contributed by atoms with E-state index in [1.165, 1.54) is 0 Å². The van der Waals surface area contributed by atoms with E-state index in [-0.39, 0.29) is 12.1 Å². The molecule has 2 nitrogen and oxygen atoms in total. The first-order valence-corrected chi connectivity index (χ1v) is 6.66. The zero-order valence-electron chi connectivity index (χ0n) is 10.0. The minimum absolute atomic E-state index is 0.203. The lowest BCUT2D eigenvalue weighted by Gasteiger charge is -2.22. The van der Waals surface area contributed by atoms with E-state index >= 15 is 0 Å². The first-order valence-electron chi connectivity index (χ1n) is 5.90. The molecule has 0 spiro atoms. The minimum Gasteiger partial charge on any atom is -0.377 e. The molecule has 0 aromatic heterocycles. The number of rotatable bonds is 3. The fourth-order valence-corrected chi connectivity index (χ4v) is 2.79. The molecule has 1 saturated heterocycles. The largest absolute Gasteiger partial charge is 0.377 e. The molecule has 3 atom stereocenters. The van der Waals surface area contributed by atoms with E-state index in [4.69, 9.17) is 27.9 Å². The second kappa shape index (κ2) is 5.57. The summed E-state index contributed by atoms with van der Waals surface area (Å²) < 4.78 is 5.53. The van der Waals surface area contributed by atoms with Gasteiger partial charge in [0.1, 0.15) is 0 Å². The van der Waals surface area contributed by atoms with Gasteiger partial charge in [-0.25, -0.2) is 0 Å². The van der Waals surface area contributed by atoms with Gasteiger partial charge >= 0.3 is 0 Å². The van der Waals surface area contributed by atoms with Crippen molar-refractivity contribution in [1.29, 1.82) is 0 Å². The fraction of sp³-hybridized carbons (Fsp3) is 0.538. The van der Waals surface area contributed by atoms with E-state index in [1.807, 2.05) is 12.1 Å². The molecule has 1 heterocycles. The number of halogens is 2. The second-order valence-corrected chi connectivity index (χ2v) is 5.37. The molecule has 1 aromatic rings. The van der Waals surface area contributed by atoms with Crippen molar-refractivity contribution in [2.45, 2.75) is 38.5 Å². The van der Waals surface area contributed by atoms with E-state index in [2.05, 4.69) is 19.2 Å². The summed E-state index contributed by atoms with van der Waals surface area (Å²) in [5.41, 5.74) is 1.08. The number of ether oxygens (including phenoxy) is 1. The number of hydrogen-bond donors (Lipinski definition) is 1. The molecule has 1 fully saturated rings. The molecule has 4 heteroatoms. The molecule has 1 aliphatic heterocycles. The van der Waals surface area contributed by atoms with Gasteiger partial charge in [-0.1, -0.05) is 29.3 Å². The Kier molecular flexibility index (Phi) is 4.31. The first-order chi connectivity index (χ1) is 8.08. The molecule has 17 heavy (non-hydrogen) atoms. The normalized spacial score (nSPS) is 26.1. The predicted octanol–water partition coefficient (Wildman–Crippen LogP) is 3.82. The molecular weight excluding hydrogens is 257 g/mol. The highest BCUT2D eigenvalue weighted by molar-refractivity contribution is 6.35. The summed E-state index contributed by atoms with van der Waals surface area (Å²) in [4.78, 5) is 0. The monoisotopic (exact) mass is 273 g/mol. The van der Waals surface area contributed by atoms with Crippen molar-refractivity contribution < 1.29 is 4.74 Å². The maximum atomic E-state index is 6.19. The van der Waals surface area contributed by atoms with Crippen molar-refractivity contribution in [1.82, 2.24) is 5.32 Å². The molecule has 0 saturated carbocycles. The second-order valence-electron chi connectivity index (χ2n) is 4.53. The highest BCUT2D eigenvalue weighted by Gasteiger charge is 2.26. The zero-order chi connectivity index (χ0) is 12.4. The van der Waals surface area contributed by atoms with Gasteiger partial charge in [-0.05, 0) is 38.0 Å². The minimum atomic E-state index is 0.203. The third kappa shape index (κ3) is 3.14. The molecule has 3 unspecified atom stereocenters. The summed E-state index contributed by atoms with van der Waals surface area (Å²) >= 11 is 12.1. The smallest absolute Gasteiger partial charge is 0.0700 e. The van der Waals surface area contributed by atoms with E-state index in [1.54, 1.807) is 6.07 Å². The molecule has 0 radical (unpaired) electrons. The third-order valence-corrected chi connectivity index (χ3v) is 3.83. The van der Waals surface area contributed by atoms with Crippen molar-refractivity contribution >= 4 is 23.2 Å². The molecule has 2 rings (SSSR count). The van der Waals surface area contributed by atoms with Crippen LogP contribution in [-0.4, -0.2) is 18.8 Å². The Morgan fingerprint density at radius 3 is 2.76 bits per heavy atom. The highest BCUT2D eigenvalue weighted by Crippen LogP contribution is 2.27. The van der Waals surface area contributed by atoms with Crippen LogP contribution in [0, 0.1) is 0 Å². The molecular formula is C13H17Cl2NO. The molecule has 94 valence electrons. The van der Waals surface area contributed by atoms with Crippen LogP contribution in [-0.2, 0) is 4.74 Å². The standard InChI is InChI=1S/C13H17Cl2NO/c1-8(16-13-5-6-17-9(13)2)11-4-3-10(14)7-12(11)15/h3-4,7-9,13,16H,5-6H2,1-2H3. The Morgan fingerprint density at radius 1 is 1.41 bits per heavy atom. The van der Waals surface area contributed by atoms with Crippen molar-refractivity contribution in [2.75, 3.05) is 6.61 Å². The Balaban J connectivity index is 2.06. The number of hydrogen-bond acceptors (Lipinski definition) is 2. The summed E-state index contributed by atoms with van der Waals surface area (Å²) in [7, 11) is 0. The molecule has 0 aliphatic carbocycles. The molecule has 0 bridgehead atoms. The Labute approximate surface area is 112 Å². The van der Waals surface area contributed by atoms with E-state index in [0.29, 0.717) is 16.1 Å². The highest BCUT2D eigenvalue weighted by atomic mass is 35.5. The van der Waals surface area contributed by atoms with Gasteiger partial charge in [0, 0.05) is 28.7 Å². The fourth-order valence-electron chi connectivity index (χ4n) is 2.21. The van der Waals surface area contributed by atoms with Crippen LogP contribution in [0.25, 0.3) is 0 Å². The zero-order valence-corrected chi connectivity index (χ0v) is 11.6. The number of nitrogens with one attached hydrogen (secondary N) is 1. The number of benzene rings is 1. The Bertz CT molecular complexity index is 397. The van der Waals surface area contributed by atoms with Crippen LogP contribution in [0.15, 0.2) is 18.2 Å². The van der Waals surface area contributed by atoms with Crippen LogP contribution >= 0.6 is 23.2 Å². The molecule has 1 aromatic carbocycles. The molecule has 0 amide bonds. The first kappa shape index (κ1) is 13.2. The summed E-state index contributed by atoms with van der Waals surface area (Å²) in [6.45, 7) is 5.04. The quantitative estimate of drug-likeness (QED) is 0.904. The molecule has 1 aliphatic rings. The van der Waals surface area contributed by atoms with E-state index in [0.717, 1.165) is 18.6 Å². The lowest BCUT2D eigenvalue weighted by Crippen LogP contribution is -2.36. The van der Waals surface area contributed by atoms with E-state index in [9.17, 15) is 0 Å². The lowest BCUT2D eigenvalue weighted by molar-refractivity contribution is 0.111. The average molecular weight is 274 g/mol. The van der Waals surface area contributed by atoms with Gasteiger partial charge in [0.15, 0.2) is 0 Å². The van der Waals surface area contributed by atoms with Crippen molar-refractivity contribution in [3.8, 4) is 0 Å². The van der Waals surface area contributed by atoms with Crippen LogP contribution in [0.2, 0.25) is 10.0 Å². The van der Waals surface area contributed by atoms with Crippen molar-refractivity contribution in [2.24, 2.45) is 0 Å². The van der Waals surface area contributed by atoms with Gasteiger partial charge < -0.3 is 10.1 Å². The van der Waals surface area contributed by atoms with Crippen LogP contribution in [0.1, 0.15) is 31.9 Å². The van der Waals surface area contributed by atoms with Gasteiger partial charge in [-0.2, -0.15) is 0 Å². The summed E-state index contributed by atoms with van der Waals surface area (Å²) in [5, 5.41) is 4.93.